The predicted octanol–water partition coefficient (Wildman–Crippen LogP) is 5.22. The van der Waals surface area contributed by atoms with Gasteiger partial charge in [0, 0.05) is 22.0 Å². The molecule has 0 fully saturated rings. The van der Waals surface area contributed by atoms with E-state index < -0.39 is 10.8 Å². The summed E-state index contributed by atoms with van der Waals surface area (Å²) in [4.78, 5) is 33.9. The van der Waals surface area contributed by atoms with E-state index in [1.54, 1.807) is 29.2 Å². The van der Waals surface area contributed by atoms with Crippen LogP contribution in [0.15, 0.2) is 77.5 Å². The van der Waals surface area contributed by atoms with Crippen molar-refractivity contribution in [3.8, 4) is 0 Å². The van der Waals surface area contributed by atoms with Gasteiger partial charge in [0.25, 0.3) is 5.91 Å². The minimum absolute atomic E-state index is 0.117. The second-order valence-electron chi connectivity index (χ2n) is 6.98. The molecule has 1 aromatic heterocycles. The van der Waals surface area contributed by atoms with Crippen molar-refractivity contribution in [2.24, 2.45) is 0 Å². The molecule has 3 aromatic carbocycles. The summed E-state index contributed by atoms with van der Waals surface area (Å²) in [5.74, 6) is -0.457. The van der Waals surface area contributed by atoms with Gasteiger partial charge in [-0.05, 0) is 42.6 Å². The van der Waals surface area contributed by atoms with Crippen LogP contribution < -0.4 is 15.8 Å². The van der Waals surface area contributed by atoms with Crippen molar-refractivity contribution in [1.82, 2.24) is 15.4 Å². The number of nitrogens with zero attached hydrogens (tertiary/aromatic N) is 4. The Morgan fingerprint density at radius 3 is 2.52 bits per heavy atom. The number of halogens is 1. The van der Waals surface area contributed by atoms with Gasteiger partial charge in [-0.2, -0.15) is 0 Å². The highest BCUT2D eigenvalue weighted by molar-refractivity contribution is 9.10. The Morgan fingerprint density at radius 1 is 1.06 bits per heavy atom. The monoisotopic (exact) mass is 506 g/mol. The Kier molecular flexibility index (Phi) is 6.45. The maximum Gasteiger partial charge on any atom is 0.355 e. The summed E-state index contributed by atoms with van der Waals surface area (Å²) >= 11 is 3.31. The van der Waals surface area contributed by atoms with Crippen LogP contribution in [0.1, 0.15) is 17.3 Å². The van der Waals surface area contributed by atoms with E-state index in [-0.39, 0.29) is 17.3 Å². The van der Waals surface area contributed by atoms with Crippen LogP contribution in [0.4, 0.5) is 23.0 Å². The molecular weight excluding hydrogens is 488 g/mol. The Hall–Kier alpha value is -4.05. The number of carbonyl (C=O) groups is 1. The van der Waals surface area contributed by atoms with E-state index >= 15 is 0 Å². The molecule has 4 aromatic rings. The Labute approximate surface area is 197 Å². The van der Waals surface area contributed by atoms with E-state index in [1.165, 1.54) is 6.33 Å². The summed E-state index contributed by atoms with van der Waals surface area (Å²) in [7, 11) is 0. The molecule has 9 nitrogen and oxygen atoms in total. The van der Waals surface area contributed by atoms with E-state index in [0.717, 1.165) is 20.9 Å². The molecular formula is C23H19BrN6O3. The molecule has 0 unspecified atom stereocenters. The lowest BCUT2D eigenvalue weighted by Crippen LogP contribution is -2.30. The van der Waals surface area contributed by atoms with Crippen molar-refractivity contribution in [2.75, 3.05) is 16.9 Å². The molecule has 0 saturated heterocycles. The second kappa shape index (κ2) is 9.61. The van der Waals surface area contributed by atoms with Gasteiger partial charge in [-0.3, -0.25) is 25.8 Å². The molecule has 0 saturated carbocycles. The fourth-order valence-corrected chi connectivity index (χ4v) is 3.76. The predicted molar refractivity (Wildman–Crippen MR) is 131 cm³/mol. The summed E-state index contributed by atoms with van der Waals surface area (Å²) in [5.41, 5.74) is 5.87. The molecule has 33 heavy (non-hydrogen) atoms. The lowest BCUT2D eigenvalue weighted by molar-refractivity contribution is -0.383. The number of benzene rings is 3. The number of fused-ring (bicyclic) bond motifs is 1. The zero-order valence-electron chi connectivity index (χ0n) is 17.5. The molecule has 0 bridgehead atoms. The van der Waals surface area contributed by atoms with E-state index in [0.29, 0.717) is 12.1 Å². The standard InChI is InChI=1S/C23H19BrN6O3/c1-2-29(19-9-5-7-15-6-3-4-8-18(15)19)22-20(30(32)33)21(25-14-26-22)27-28-23(31)16-10-12-17(24)13-11-16/h3-14H,2H2,1H3,(H,28,31)(H,25,26,27). The van der Waals surface area contributed by atoms with Crippen LogP contribution in [0.5, 0.6) is 0 Å². The van der Waals surface area contributed by atoms with Gasteiger partial charge in [-0.15, -0.1) is 0 Å². The summed E-state index contributed by atoms with van der Waals surface area (Å²) in [6.07, 6.45) is 1.23. The summed E-state index contributed by atoms with van der Waals surface area (Å²) in [5, 5.41) is 14.0. The first-order valence-corrected chi connectivity index (χ1v) is 10.9. The van der Waals surface area contributed by atoms with Crippen molar-refractivity contribution >= 4 is 55.6 Å². The maximum atomic E-state index is 12.4. The molecule has 2 N–H and O–H groups in total. The fourth-order valence-electron chi connectivity index (χ4n) is 3.49. The number of amides is 1. The number of hydrazine groups is 1. The lowest BCUT2D eigenvalue weighted by Gasteiger charge is -2.24. The number of nitro groups is 1. The Bertz CT molecular complexity index is 1320. The largest absolute Gasteiger partial charge is 0.355 e. The van der Waals surface area contributed by atoms with Crippen LogP contribution in [0.2, 0.25) is 0 Å². The highest BCUT2D eigenvalue weighted by Crippen LogP contribution is 2.38. The summed E-state index contributed by atoms with van der Waals surface area (Å²) in [6.45, 7) is 2.31. The van der Waals surface area contributed by atoms with Gasteiger partial charge in [-0.1, -0.05) is 52.3 Å². The first-order chi connectivity index (χ1) is 16.0. The van der Waals surface area contributed by atoms with Crippen LogP contribution in [0.25, 0.3) is 10.8 Å². The topological polar surface area (TPSA) is 113 Å². The summed E-state index contributed by atoms with van der Waals surface area (Å²) < 4.78 is 0.830. The molecule has 166 valence electrons. The van der Waals surface area contributed by atoms with Crippen molar-refractivity contribution in [1.29, 1.82) is 0 Å². The van der Waals surface area contributed by atoms with E-state index in [1.807, 2.05) is 49.4 Å². The zero-order valence-corrected chi connectivity index (χ0v) is 19.1. The molecule has 4 rings (SSSR count). The van der Waals surface area contributed by atoms with Crippen LogP contribution in [0, 0.1) is 10.1 Å². The average Bonchev–Trinajstić information content (AvgIpc) is 2.83. The Balaban J connectivity index is 1.70. The number of nitrogens with one attached hydrogen (secondary N) is 2. The number of hydrogen-bond acceptors (Lipinski definition) is 7. The SMILES string of the molecule is CCN(c1ncnc(NNC(=O)c2ccc(Br)cc2)c1[N+](=O)[O-])c1cccc2ccccc12. The summed E-state index contributed by atoms with van der Waals surface area (Å²) in [6, 6.07) is 20.2. The molecule has 0 radical (unpaired) electrons. The molecule has 0 aliphatic rings. The zero-order chi connectivity index (χ0) is 23.4. The maximum absolute atomic E-state index is 12.4. The van der Waals surface area contributed by atoms with Crippen LogP contribution in [-0.4, -0.2) is 27.3 Å². The normalized spacial score (nSPS) is 10.6. The molecule has 0 aliphatic heterocycles. The fraction of sp³-hybridized carbons (Fsp3) is 0.0870. The first-order valence-electron chi connectivity index (χ1n) is 10.1. The van der Waals surface area contributed by atoms with Crippen molar-refractivity contribution in [2.45, 2.75) is 6.92 Å². The molecule has 10 heteroatoms. The molecule has 0 aliphatic carbocycles. The lowest BCUT2D eigenvalue weighted by atomic mass is 10.1. The third-order valence-electron chi connectivity index (χ3n) is 5.02. The van der Waals surface area contributed by atoms with Gasteiger partial charge >= 0.3 is 5.69 Å². The average molecular weight is 507 g/mol. The van der Waals surface area contributed by atoms with Crippen LogP contribution >= 0.6 is 15.9 Å². The number of hydrogen-bond donors (Lipinski definition) is 2. The number of anilines is 3. The number of rotatable bonds is 7. The van der Waals surface area contributed by atoms with Crippen molar-refractivity contribution in [3.63, 3.8) is 0 Å². The van der Waals surface area contributed by atoms with E-state index in [2.05, 4.69) is 36.7 Å². The van der Waals surface area contributed by atoms with Gasteiger partial charge in [0.05, 0.1) is 10.6 Å². The number of carbonyl (C=O) groups excluding carboxylic acids is 1. The molecule has 0 atom stereocenters. The van der Waals surface area contributed by atoms with Gasteiger partial charge in [0.2, 0.25) is 11.6 Å². The van der Waals surface area contributed by atoms with Gasteiger partial charge in [-0.25, -0.2) is 9.97 Å². The van der Waals surface area contributed by atoms with Gasteiger partial charge in [0.1, 0.15) is 6.33 Å². The second-order valence-corrected chi connectivity index (χ2v) is 7.90. The third-order valence-corrected chi connectivity index (χ3v) is 5.54. The molecule has 1 amide bonds. The van der Waals surface area contributed by atoms with E-state index in [4.69, 9.17) is 0 Å². The smallest absolute Gasteiger partial charge is 0.320 e. The van der Waals surface area contributed by atoms with E-state index in [9.17, 15) is 14.9 Å². The highest BCUT2D eigenvalue weighted by Gasteiger charge is 2.28. The Morgan fingerprint density at radius 2 is 1.79 bits per heavy atom. The first kappa shape index (κ1) is 22.2. The highest BCUT2D eigenvalue weighted by atomic mass is 79.9. The van der Waals surface area contributed by atoms with Gasteiger partial charge in [0.15, 0.2) is 0 Å². The minimum Gasteiger partial charge on any atom is -0.320 e. The van der Waals surface area contributed by atoms with Crippen LogP contribution in [0.3, 0.4) is 0 Å². The van der Waals surface area contributed by atoms with Crippen LogP contribution in [-0.2, 0) is 0 Å². The third kappa shape index (κ3) is 4.60. The van der Waals surface area contributed by atoms with Crippen molar-refractivity contribution in [3.05, 3.63) is 93.2 Å². The van der Waals surface area contributed by atoms with Crippen molar-refractivity contribution < 1.29 is 9.72 Å². The molecule has 0 spiro atoms. The molecule has 1 heterocycles. The van der Waals surface area contributed by atoms with Gasteiger partial charge < -0.3 is 4.90 Å². The minimum atomic E-state index is -0.558. The number of aromatic nitrogens is 2. The quantitative estimate of drug-likeness (QED) is 0.261.